The number of imidazole rings is 1. The minimum Gasteiger partial charge on any atom is -0.335 e. The molecule has 0 fully saturated rings. The molecule has 0 radical (unpaired) electrons. The highest BCUT2D eigenvalue weighted by atomic mass is 15.2. The topological polar surface area (TPSA) is 68.8 Å². The van der Waals surface area contributed by atoms with Gasteiger partial charge in [0.05, 0.1) is 11.7 Å². The van der Waals surface area contributed by atoms with Crippen LogP contribution < -0.4 is 11.3 Å². The van der Waals surface area contributed by atoms with Crippen molar-refractivity contribution in [1.82, 2.24) is 20.0 Å². The second-order valence-corrected chi connectivity index (χ2v) is 3.81. The maximum Gasteiger partial charge on any atom is 0.110 e. The highest BCUT2D eigenvalue weighted by Gasteiger charge is 2.14. The van der Waals surface area contributed by atoms with Crippen LogP contribution in [0.15, 0.2) is 36.8 Å². The molecule has 1 atom stereocenters. The van der Waals surface area contributed by atoms with Crippen molar-refractivity contribution in [2.24, 2.45) is 5.84 Å². The molecule has 2 rings (SSSR count). The van der Waals surface area contributed by atoms with E-state index in [0.29, 0.717) is 0 Å². The lowest BCUT2D eigenvalue weighted by atomic mass is 10.1. The van der Waals surface area contributed by atoms with Crippen LogP contribution in [-0.4, -0.2) is 14.5 Å². The van der Waals surface area contributed by atoms with E-state index >= 15 is 0 Å². The Balaban J connectivity index is 2.16. The van der Waals surface area contributed by atoms with E-state index < -0.39 is 0 Å². The maximum absolute atomic E-state index is 5.59. The smallest absolute Gasteiger partial charge is 0.110 e. The molecular weight excluding hydrogens is 214 g/mol. The molecule has 0 aliphatic heterocycles. The van der Waals surface area contributed by atoms with E-state index in [0.717, 1.165) is 24.5 Å². The zero-order chi connectivity index (χ0) is 12.1. The number of rotatable bonds is 5. The average Bonchev–Trinajstić information content (AvgIpc) is 2.84. The lowest BCUT2D eigenvalue weighted by Crippen LogP contribution is -2.31. The Morgan fingerprint density at radius 3 is 2.88 bits per heavy atom. The Morgan fingerprint density at radius 1 is 1.35 bits per heavy atom. The van der Waals surface area contributed by atoms with E-state index in [-0.39, 0.29) is 6.04 Å². The number of nitrogens with one attached hydrogen (secondary N) is 1. The van der Waals surface area contributed by atoms with Crippen molar-refractivity contribution in [2.75, 3.05) is 0 Å². The summed E-state index contributed by atoms with van der Waals surface area (Å²) in [5.41, 5.74) is 3.72. The van der Waals surface area contributed by atoms with Gasteiger partial charge in [-0.1, -0.05) is 6.07 Å². The van der Waals surface area contributed by atoms with Gasteiger partial charge in [0, 0.05) is 31.6 Å². The van der Waals surface area contributed by atoms with Gasteiger partial charge in [0.2, 0.25) is 0 Å². The van der Waals surface area contributed by atoms with Crippen molar-refractivity contribution >= 4 is 0 Å². The Labute approximate surface area is 101 Å². The normalized spacial score (nSPS) is 12.6. The molecule has 2 aromatic rings. The van der Waals surface area contributed by atoms with Gasteiger partial charge in [-0.25, -0.2) is 4.98 Å². The van der Waals surface area contributed by atoms with Crippen LogP contribution in [0.1, 0.15) is 24.5 Å². The van der Waals surface area contributed by atoms with Crippen LogP contribution in [0.4, 0.5) is 0 Å². The Morgan fingerprint density at radius 2 is 2.24 bits per heavy atom. The average molecular weight is 231 g/mol. The fraction of sp³-hybridized carbons (Fsp3) is 0.333. The molecule has 0 bridgehead atoms. The summed E-state index contributed by atoms with van der Waals surface area (Å²) in [6, 6.07) is 5.80. The highest BCUT2D eigenvalue weighted by Crippen LogP contribution is 2.14. The van der Waals surface area contributed by atoms with Gasteiger partial charge in [-0.05, 0) is 19.1 Å². The van der Waals surface area contributed by atoms with Crippen LogP contribution in [0.25, 0.3) is 0 Å². The lowest BCUT2D eigenvalue weighted by molar-refractivity contribution is 0.512. The van der Waals surface area contributed by atoms with E-state index in [4.69, 9.17) is 5.84 Å². The number of pyridine rings is 1. The van der Waals surface area contributed by atoms with E-state index in [1.165, 1.54) is 0 Å². The molecular formula is C12H17N5. The molecule has 0 spiro atoms. The number of hydrogen-bond donors (Lipinski definition) is 2. The fourth-order valence-electron chi connectivity index (χ4n) is 1.83. The number of nitrogens with zero attached hydrogens (tertiary/aromatic N) is 3. The largest absolute Gasteiger partial charge is 0.335 e. The van der Waals surface area contributed by atoms with Crippen LogP contribution in [0.3, 0.4) is 0 Å². The van der Waals surface area contributed by atoms with Crippen molar-refractivity contribution in [1.29, 1.82) is 0 Å². The van der Waals surface area contributed by atoms with Crippen LogP contribution in [0.2, 0.25) is 0 Å². The van der Waals surface area contributed by atoms with Gasteiger partial charge in [-0.3, -0.25) is 16.3 Å². The molecule has 0 aromatic carbocycles. The van der Waals surface area contributed by atoms with E-state index in [9.17, 15) is 0 Å². The zero-order valence-electron chi connectivity index (χ0n) is 9.87. The molecule has 0 saturated carbocycles. The third kappa shape index (κ3) is 2.69. The molecule has 1 unspecified atom stereocenters. The molecule has 0 saturated heterocycles. The summed E-state index contributed by atoms with van der Waals surface area (Å²) in [6.45, 7) is 3.01. The molecule has 3 N–H and O–H groups in total. The fourth-order valence-corrected chi connectivity index (χ4v) is 1.83. The summed E-state index contributed by atoms with van der Waals surface area (Å²) in [5.74, 6) is 6.60. The van der Waals surface area contributed by atoms with Gasteiger partial charge in [0.1, 0.15) is 5.82 Å². The van der Waals surface area contributed by atoms with Gasteiger partial charge < -0.3 is 4.57 Å². The van der Waals surface area contributed by atoms with Crippen molar-refractivity contribution in [3.8, 4) is 0 Å². The van der Waals surface area contributed by atoms with Crippen LogP contribution >= 0.6 is 0 Å². The second-order valence-electron chi connectivity index (χ2n) is 3.81. The first-order valence-electron chi connectivity index (χ1n) is 5.72. The first-order valence-corrected chi connectivity index (χ1v) is 5.72. The number of aromatic nitrogens is 3. The number of nitrogens with two attached hydrogens (primary N) is 1. The van der Waals surface area contributed by atoms with Crippen molar-refractivity contribution < 1.29 is 0 Å². The Kier molecular flexibility index (Phi) is 3.85. The van der Waals surface area contributed by atoms with E-state index in [2.05, 4.69) is 26.9 Å². The number of hydrazine groups is 1. The molecule has 2 aromatic heterocycles. The van der Waals surface area contributed by atoms with Gasteiger partial charge in [0.25, 0.3) is 0 Å². The molecule has 0 amide bonds. The Hall–Kier alpha value is -1.72. The predicted molar refractivity (Wildman–Crippen MR) is 65.9 cm³/mol. The first-order chi connectivity index (χ1) is 8.35. The molecule has 0 aliphatic rings. The van der Waals surface area contributed by atoms with Crippen molar-refractivity contribution in [3.05, 3.63) is 48.3 Å². The standard InChI is InChI=1S/C12H17N5/c1-2-17-8-7-15-12(17)9-11(16-13)10-5-3-4-6-14-10/h3-8,11,16H,2,9,13H2,1H3. The minimum atomic E-state index is -0.0103. The molecule has 17 heavy (non-hydrogen) atoms. The van der Waals surface area contributed by atoms with Crippen LogP contribution in [-0.2, 0) is 13.0 Å². The summed E-state index contributed by atoms with van der Waals surface area (Å²) >= 11 is 0. The maximum atomic E-state index is 5.59. The SMILES string of the molecule is CCn1ccnc1CC(NN)c1ccccn1. The van der Waals surface area contributed by atoms with Crippen molar-refractivity contribution in [2.45, 2.75) is 25.9 Å². The summed E-state index contributed by atoms with van der Waals surface area (Å²) in [7, 11) is 0. The minimum absolute atomic E-state index is 0.0103. The lowest BCUT2D eigenvalue weighted by Gasteiger charge is -2.15. The van der Waals surface area contributed by atoms with Gasteiger partial charge in [-0.2, -0.15) is 0 Å². The van der Waals surface area contributed by atoms with Crippen LogP contribution in [0, 0.1) is 0 Å². The molecule has 0 aliphatic carbocycles. The summed E-state index contributed by atoms with van der Waals surface area (Å²) in [4.78, 5) is 8.65. The molecule has 5 heteroatoms. The monoisotopic (exact) mass is 231 g/mol. The third-order valence-corrected chi connectivity index (χ3v) is 2.78. The number of hydrogen-bond acceptors (Lipinski definition) is 4. The third-order valence-electron chi connectivity index (χ3n) is 2.78. The van der Waals surface area contributed by atoms with E-state index in [1.54, 1.807) is 6.20 Å². The van der Waals surface area contributed by atoms with Gasteiger partial charge in [-0.15, -0.1) is 0 Å². The number of aryl methyl sites for hydroxylation is 1. The molecule has 2 heterocycles. The summed E-state index contributed by atoms with van der Waals surface area (Å²) in [5, 5.41) is 0. The van der Waals surface area contributed by atoms with Gasteiger partial charge >= 0.3 is 0 Å². The van der Waals surface area contributed by atoms with Crippen molar-refractivity contribution in [3.63, 3.8) is 0 Å². The molecule has 90 valence electrons. The second kappa shape index (κ2) is 5.56. The van der Waals surface area contributed by atoms with Gasteiger partial charge in [0.15, 0.2) is 0 Å². The quantitative estimate of drug-likeness (QED) is 0.596. The Bertz CT molecular complexity index is 451. The molecule has 5 nitrogen and oxygen atoms in total. The van der Waals surface area contributed by atoms with Crippen LogP contribution in [0.5, 0.6) is 0 Å². The predicted octanol–water partition coefficient (Wildman–Crippen LogP) is 1.05. The first kappa shape index (κ1) is 11.8. The summed E-state index contributed by atoms with van der Waals surface area (Å²) in [6.07, 6.45) is 6.28. The van der Waals surface area contributed by atoms with E-state index in [1.807, 2.05) is 30.6 Å². The summed E-state index contributed by atoms with van der Waals surface area (Å²) < 4.78 is 2.10. The highest BCUT2D eigenvalue weighted by molar-refractivity contribution is 5.11. The zero-order valence-corrected chi connectivity index (χ0v) is 9.87.